The van der Waals surface area contributed by atoms with Gasteiger partial charge in [-0.25, -0.2) is 0 Å². The van der Waals surface area contributed by atoms with Crippen LogP contribution in [0, 0.1) is 13.8 Å². The zero-order valence-corrected chi connectivity index (χ0v) is 14.2. The summed E-state index contributed by atoms with van der Waals surface area (Å²) >= 11 is 3.40. The molecule has 0 fully saturated rings. The molecule has 4 nitrogen and oxygen atoms in total. The summed E-state index contributed by atoms with van der Waals surface area (Å²) in [4.78, 5) is 12.3. The Morgan fingerprint density at radius 1 is 1.29 bits per heavy atom. The van der Waals surface area contributed by atoms with Crippen LogP contribution in [0.25, 0.3) is 0 Å². The number of ketones is 1. The van der Waals surface area contributed by atoms with Crippen LogP contribution < -0.4 is 9.47 Å². The highest BCUT2D eigenvalue weighted by Gasteiger charge is 2.15. The van der Waals surface area contributed by atoms with E-state index < -0.39 is 0 Å². The SMILES string of the molecule is COc1ccc(OCC(=O)c2cc(C)n(C)c2C)c(Br)c1. The minimum Gasteiger partial charge on any atom is -0.497 e. The predicted octanol–water partition coefficient (Wildman–Crippen LogP) is 3.67. The maximum atomic E-state index is 12.3. The first-order valence-corrected chi connectivity index (χ1v) is 7.35. The number of benzene rings is 1. The van der Waals surface area contributed by atoms with Crippen molar-refractivity contribution in [1.82, 2.24) is 4.57 Å². The van der Waals surface area contributed by atoms with E-state index in [1.165, 1.54) is 0 Å². The van der Waals surface area contributed by atoms with Gasteiger partial charge in [0.05, 0.1) is 11.6 Å². The molecule has 0 N–H and O–H groups in total. The molecule has 0 spiro atoms. The van der Waals surface area contributed by atoms with Crippen LogP contribution in [-0.2, 0) is 7.05 Å². The second kappa shape index (κ2) is 6.35. The topological polar surface area (TPSA) is 40.5 Å². The van der Waals surface area contributed by atoms with E-state index in [9.17, 15) is 4.79 Å². The predicted molar refractivity (Wildman–Crippen MR) is 85.4 cm³/mol. The van der Waals surface area contributed by atoms with Crippen molar-refractivity contribution in [3.8, 4) is 11.5 Å². The number of rotatable bonds is 5. The molecular weight excluding hydrogens is 334 g/mol. The van der Waals surface area contributed by atoms with Crippen molar-refractivity contribution in [2.75, 3.05) is 13.7 Å². The fraction of sp³-hybridized carbons (Fsp3) is 0.312. The summed E-state index contributed by atoms with van der Waals surface area (Å²) in [7, 11) is 3.55. The van der Waals surface area contributed by atoms with Gasteiger partial charge in [0.2, 0.25) is 5.78 Å². The summed E-state index contributed by atoms with van der Waals surface area (Å²) in [5.41, 5.74) is 2.72. The second-order valence-corrected chi connectivity index (χ2v) is 5.71. The molecule has 0 radical (unpaired) electrons. The third-order valence-corrected chi connectivity index (χ3v) is 4.19. The first-order chi connectivity index (χ1) is 9.93. The molecule has 21 heavy (non-hydrogen) atoms. The van der Waals surface area contributed by atoms with Crippen molar-refractivity contribution in [3.05, 3.63) is 45.7 Å². The molecule has 112 valence electrons. The van der Waals surface area contributed by atoms with E-state index in [-0.39, 0.29) is 12.4 Å². The number of hydrogen-bond acceptors (Lipinski definition) is 3. The Labute approximate surface area is 132 Å². The largest absolute Gasteiger partial charge is 0.497 e. The molecule has 0 saturated carbocycles. The molecule has 0 atom stereocenters. The molecule has 0 bridgehead atoms. The number of Topliss-reactive ketones (excluding diaryl/α,β-unsaturated/α-hetero) is 1. The van der Waals surface area contributed by atoms with Gasteiger partial charge in [0.15, 0.2) is 6.61 Å². The number of carbonyl (C=O) groups excluding carboxylic acids is 1. The lowest BCUT2D eigenvalue weighted by molar-refractivity contribution is 0.0920. The average molecular weight is 352 g/mol. The Balaban J connectivity index is 2.09. The molecule has 5 heteroatoms. The fourth-order valence-electron chi connectivity index (χ4n) is 2.08. The molecule has 0 aliphatic carbocycles. The Kier molecular flexibility index (Phi) is 4.73. The van der Waals surface area contributed by atoms with E-state index in [0.717, 1.165) is 21.6 Å². The normalized spacial score (nSPS) is 10.5. The summed E-state index contributed by atoms with van der Waals surface area (Å²) in [6, 6.07) is 7.27. The zero-order chi connectivity index (χ0) is 15.6. The maximum Gasteiger partial charge on any atom is 0.202 e. The van der Waals surface area contributed by atoms with E-state index in [0.29, 0.717) is 11.3 Å². The monoisotopic (exact) mass is 351 g/mol. The summed E-state index contributed by atoms with van der Waals surface area (Å²) < 4.78 is 13.5. The molecule has 0 unspecified atom stereocenters. The number of nitrogens with zero attached hydrogens (tertiary/aromatic N) is 1. The van der Waals surface area contributed by atoms with Gasteiger partial charge in [-0.2, -0.15) is 0 Å². The highest BCUT2D eigenvalue weighted by molar-refractivity contribution is 9.10. The summed E-state index contributed by atoms with van der Waals surface area (Å²) in [6.45, 7) is 3.92. The average Bonchev–Trinajstić information content (AvgIpc) is 2.73. The van der Waals surface area contributed by atoms with Gasteiger partial charge in [0.1, 0.15) is 11.5 Å². The minimum atomic E-state index is -0.0288. The van der Waals surface area contributed by atoms with Gasteiger partial charge in [-0.05, 0) is 54.0 Å². The molecule has 0 amide bonds. The lowest BCUT2D eigenvalue weighted by Gasteiger charge is -2.09. The van der Waals surface area contributed by atoms with Gasteiger partial charge in [0.25, 0.3) is 0 Å². The molecule has 0 saturated heterocycles. The highest BCUT2D eigenvalue weighted by Crippen LogP contribution is 2.29. The number of methoxy groups -OCH3 is 1. The van der Waals surface area contributed by atoms with Crippen LogP contribution in [-0.4, -0.2) is 24.1 Å². The molecule has 2 rings (SSSR count). The van der Waals surface area contributed by atoms with Gasteiger partial charge >= 0.3 is 0 Å². The van der Waals surface area contributed by atoms with Crippen LogP contribution in [0.15, 0.2) is 28.7 Å². The lowest BCUT2D eigenvalue weighted by Crippen LogP contribution is -2.12. The Hall–Kier alpha value is -1.75. The van der Waals surface area contributed by atoms with Gasteiger partial charge in [0, 0.05) is 24.0 Å². The Morgan fingerprint density at radius 2 is 2.00 bits per heavy atom. The molecular formula is C16H18BrNO3. The highest BCUT2D eigenvalue weighted by atomic mass is 79.9. The van der Waals surface area contributed by atoms with Gasteiger partial charge < -0.3 is 14.0 Å². The molecule has 1 aromatic heterocycles. The van der Waals surface area contributed by atoms with Crippen LogP contribution in [0.3, 0.4) is 0 Å². The summed E-state index contributed by atoms with van der Waals surface area (Å²) in [6.07, 6.45) is 0. The lowest BCUT2D eigenvalue weighted by atomic mass is 10.1. The van der Waals surface area contributed by atoms with Crippen LogP contribution in [0.2, 0.25) is 0 Å². The third kappa shape index (κ3) is 3.29. The Morgan fingerprint density at radius 3 is 2.52 bits per heavy atom. The first kappa shape index (κ1) is 15.6. The Bertz CT molecular complexity index is 676. The van der Waals surface area contributed by atoms with E-state index in [2.05, 4.69) is 15.9 Å². The number of ether oxygens (including phenoxy) is 2. The zero-order valence-electron chi connectivity index (χ0n) is 12.6. The summed E-state index contributed by atoms with van der Waals surface area (Å²) in [5, 5.41) is 0. The van der Waals surface area contributed by atoms with Crippen molar-refractivity contribution >= 4 is 21.7 Å². The van der Waals surface area contributed by atoms with Crippen molar-refractivity contribution < 1.29 is 14.3 Å². The summed E-state index contributed by atoms with van der Waals surface area (Å²) in [5.74, 6) is 1.32. The number of carbonyl (C=O) groups is 1. The number of aryl methyl sites for hydroxylation is 1. The molecule has 1 heterocycles. The molecule has 0 aliphatic rings. The van der Waals surface area contributed by atoms with Crippen LogP contribution in [0.1, 0.15) is 21.7 Å². The second-order valence-electron chi connectivity index (χ2n) is 4.85. The minimum absolute atomic E-state index is 0.00915. The van der Waals surface area contributed by atoms with Crippen LogP contribution >= 0.6 is 15.9 Å². The van der Waals surface area contributed by atoms with E-state index in [4.69, 9.17) is 9.47 Å². The quantitative estimate of drug-likeness (QED) is 0.771. The van der Waals surface area contributed by atoms with E-state index in [1.54, 1.807) is 25.3 Å². The van der Waals surface area contributed by atoms with Crippen molar-refractivity contribution in [3.63, 3.8) is 0 Å². The fourth-order valence-corrected chi connectivity index (χ4v) is 2.56. The van der Waals surface area contributed by atoms with Crippen LogP contribution in [0.5, 0.6) is 11.5 Å². The number of hydrogen-bond donors (Lipinski definition) is 0. The van der Waals surface area contributed by atoms with Crippen molar-refractivity contribution in [1.29, 1.82) is 0 Å². The van der Waals surface area contributed by atoms with Gasteiger partial charge in [-0.1, -0.05) is 0 Å². The van der Waals surface area contributed by atoms with Gasteiger partial charge in [-0.15, -0.1) is 0 Å². The van der Waals surface area contributed by atoms with Crippen molar-refractivity contribution in [2.45, 2.75) is 13.8 Å². The van der Waals surface area contributed by atoms with E-state index >= 15 is 0 Å². The number of aromatic nitrogens is 1. The van der Waals surface area contributed by atoms with Crippen LogP contribution in [0.4, 0.5) is 0 Å². The maximum absolute atomic E-state index is 12.3. The van der Waals surface area contributed by atoms with Crippen molar-refractivity contribution in [2.24, 2.45) is 7.05 Å². The number of halogens is 1. The first-order valence-electron chi connectivity index (χ1n) is 6.56. The molecule has 0 aliphatic heterocycles. The smallest absolute Gasteiger partial charge is 0.202 e. The van der Waals surface area contributed by atoms with E-state index in [1.807, 2.05) is 31.5 Å². The third-order valence-electron chi connectivity index (χ3n) is 3.57. The molecule has 2 aromatic rings. The standard InChI is InChI=1S/C16H18BrNO3/c1-10-7-13(11(2)18(10)3)15(19)9-21-16-6-5-12(20-4)8-14(16)17/h5-8H,9H2,1-4H3. The van der Waals surface area contributed by atoms with Gasteiger partial charge in [-0.3, -0.25) is 4.79 Å². The molecule has 1 aromatic carbocycles.